The maximum atomic E-state index is 5.64. The number of piperidine rings is 1. The monoisotopic (exact) mass is 219 g/mol. The first-order valence-corrected chi connectivity index (χ1v) is 5.87. The lowest BCUT2D eigenvalue weighted by molar-refractivity contribution is 0.182. The van der Waals surface area contributed by atoms with Crippen LogP contribution in [0.25, 0.3) is 0 Å². The van der Waals surface area contributed by atoms with E-state index >= 15 is 0 Å². The number of rotatable bonds is 1. The molecule has 0 saturated carbocycles. The third kappa shape index (κ3) is 1.73. The van der Waals surface area contributed by atoms with Crippen LogP contribution in [0.1, 0.15) is 6.42 Å². The largest absolute Gasteiger partial charge is 0.397 e. The van der Waals surface area contributed by atoms with Gasteiger partial charge in [0.1, 0.15) is 5.82 Å². The lowest BCUT2D eigenvalue weighted by Crippen LogP contribution is -2.40. The van der Waals surface area contributed by atoms with E-state index in [1.54, 1.807) is 6.20 Å². The molecule has 1 aromatic rings. The van der Waals surface area contributed by atoms with Crippen LogP contribution in [0.2, 0.25) is 0 Å². The summed E-state index contributed by atoms with van der Waals surface area (Å²) < 4.78 is 5.53. The van der Waals surface area contributed by atoms with Crippen LogP contribution in [0.4, 0.5) is 11.5 Å². The van der Waals surface area contributed by atoms with Gasteiger partial charge in [-0.1, -0.05) is 0 Å². The van der Waals surface area contributed by atoms with Crippen molar-refractivity contribution in [1.82, 2.24) is 4.98 Å². The normalized spacial score (nSPS) is 29.1. The minimum atomic E-state index is 0.688. The molecule has 2 fully saturated rings. The second kappa shape index (κ2) is 3.94. The number of ether oxygens (including phenoxy) is 1. The van der Waals surface area contributed by atoms with Crippen LogP contribution in [0.5, 0.6) is 0 Å². The molecule has 0 radical (unpaired) electrons. The highest BCUT2D eigenvalue weighted by molar-refractivity contribution is 5.46. The fraction of sp³-hybridized carbons (Fsp3) is 0.583. The van der Waals surface area contributed by atoms with E-state index < -0.39 is 0 Å². The molecular formula is C12H17N3O. The van der Waals surface area contributed by atoms with E-state index in [4.69, 9.17) is 10.5 Å². The zero-order valence-electron chi connectivity index (χ0n) is 9.30. The maximum absolute atomic E-state index is 5.64. The van der Waals surface area contributed by atoms with Gasteiger partial charge in [-0.2, -0.15) is 0 Å². The fourth-order valence-electron chi connectivity index (χ4n) is 2.65. The second-order valence-corrected chi connectivity index (χ2v) is 4.74. The fourth-order valence-corrected chi connectivity index (χ4v) is 2.65. The van der Waals surface area contributed by atoms with Crippen LogP contribution in [-0.2, 0) is 4.74 Å². The predicted molar refractivity (Wildman–Crippen MR) is 63.3 cm³/mol. The van der Waals surface area contributed by atoms with E-state index in [0.29, 0.717) is 5.92 Å². The number of pyridine rings is 1. The first kappa shape index (κ1) is 9.90. The standard InChI is InChI=1S/C12H17N3O/c13-11-1-2-12(14-5-11)15-4-3-9-7-16-8-10(9)6-15/h1-2,5,9-10H,3-4,6-8,13H2/t9-,10+/m1/s1. The Balaban J connectivity index is 1.74. The number of nitrogen functional groups attached to an aromatic ring is 1. The number of hydrogen-bond donors (Lipinski definition) is 1. The molecule has 0 spiro atoms. The minimum absolute atomic E-state index is 0.688. The predicted octanol–water partition coefficient (Wildman–Crippen LogP) is 1.14. The summed E-state index contributed by atoms with van der Waals surface area (Å²) in [6.45, 7) is 4.02. The van der Waals surface area contributed by atoms with Crippen molar-refractivity contribution in [2.24, 2.45) is 11.8 Å². The molecule has 0 bridgehead atoms. The van der Waals surface area contributed by atoms with Crippen LogP contribution in [0, 0.1) is 11.8 Å². The average molecular weight is 219 g/mol. The summed E-state index contributed by atoms with van der Waals surface area (Å²) in [5, 5.41) is 0. The first-order chi connectivity index (χ1) is 7.83. The summed E-state index contributed by atoms with van der Waals surface area (Å²) in [5.41, 5.74) is 6.37. The van der Waals surface area contributed by atoms with E-state index in [-0.39, 0.29) is 0 Å². The average Bonchev–Trinajstić information content (AvgIpc) is 2.77. The van der Waals surface area contributed by atoms with Gasteiger partial charge in [0.25, 0.3) is 0 Å². The van der Waals surface area contributed by atoms with Gasteiger partial charge < -0.3 is 15.4 Å². The van der Waals surface area contributed by atoms with Crippen LogP contribution < -0.4 is 10.6 Å². The molecule has 4 heteroatoms. The van der Waals surface area contributed by atoms with E-state index in [1.165, 1.54) is 6.42 Å². The van der Waals surface area contributed by atoms with E-state index in [9.17, 15) is 0 Å². The summed E-state index contributed by atoms with van der Waals surface area (Å²) in [7, 11) is 0. The molecule has 2 aliphatic rings. The van der Waals surface area contributed by atoms with E-state index in [0.717, 1.165) is 43.7 Å². The summed E-state index contributed by atoms with van der Waals surface area (Å²) in [6.07, 6.45) is 2.95. The molecule has 1 aromatic heterocycles. The van der Waals surface area contributed by atoms with Gasteiger partial charge in [-0.15, -0.1) is 0 Å². The number of fused-ring (bicyclic) bond motifs is 1. The summed E-state index contributed by atoms with van der Waals surface area (Å²) in [4.78, 5) is 6.72. The Morgan fingerprint density at radius 1 is 1.31 bits per heavy atom. The number of anilines is 2. The van der Waals surface area contributed by atoms with Crippen molar-refractivity contribution in [2.45, 2.75) is 6.42 Å². The molecular weight excluding hydrogens is 202 g/mol. The molecule has 4 nitrogen and oxygen atoms in total. The quantitative estimate of drug-likeness (QED) is 0.769. The molecule has 2 N–H and O–H groups in total. The molecule has 0 amide bonds. The van der Waals surface area contributed by atoms with Crippen molar-refractivity contribution < 1.29 is 4.74 Å². The lowest BCUT2D eigenvalue weighted by atomic mass is 9.89. The highest BCUT2D eigenvalue weighted by atomic mass is 16.5. The van der Waals surface area contributed by atoms with Gasteiger partial charge in [0.15, 0.2) is 0 Å². The highest BCUT2D eigenvalue weighted by Gasteiger charge is 2.34. The van der Waals surface area contributed by atoms with Crippen LogP contribution in [0.3, 0.4) is 0 Å². The van der Waals surface area contributed by atoms with Gasteiger partial charge >= 0.3 is 0 Å². The Kier molecular flexibility index (Phi) is 2.44. The van der Waals surface area contributed by atoms with Crippen molar-refractivity contribution in [3.05, 3.63) is 18.3 Å². The van der Waals surface area contributed by atoms with Gasteiger partial charge in [-0.25, -0.2) is 4.98 Å². The molecule has 2 atom stereocenters. The van der Waals surface area contributed by atoms with Crippen molar-refractivity contribution in [2.75, 3.05) is 36.9 Å². The molecule has 2 aliphatic heterocycles. The van der Waals surface area contributed by atoms with Gasteiger partial charge in [-0.3, -0.25) is 0 Å². The number of nitrogens with two attached hydrogens (primary N) is 1. The number of nitrogens with zero attached hydrogens (tertiary/aromatic N) is 2. The molecule has 0 aromatic carbocycles. The summed E-state index contributed by atoms with van der Waals surface area (Å²) in [5.74, 6) is 2.50. The Labute approximate surface area is 95.4 Å². The zero-order valence-corrected chi connectivity index (χ0v) is 9.30. The van der Waals surface area contributed by atoms with Crippen molar-refractivity contribution in [1.29, 1.82) is 0 Å². The number of aromatic nitrogens is 1. The third-order valence-corrected chi connectivity index (χ3v) is 3.65. The van der Waals surface area contributed by atoms with Crippen LogP contribution in [0.15, 0.2) is 18.3 Å². The van der Waals surface area contributed by atoms with E-state index in [1.807, 2.05) is 12.1 Å². The maximum Gasteiger partial charge on any atom is 0.128 e. The minimum Gasteiger partial charge on any atom is -0.397 e. The lowest BCUT2D eigenvalue weighted by Gasteiger charge is -2.34. The first-order valence-electron chi connectivity index (χ1n) is 5.87. The Bertz CT molecular complexity index is 365. The van der Waals surface area contributed by atoms with E-state index in [2.05, 4.69) is 9.88 Å². The van der Waals surface area contributed by atoms with Gasteiger partial charge in [0.2, 0.25) is 0 Å². The Morgan fingerprint density at radius 2 is 2.19 bits per heavy atom. The highest BCUT2D eigenvalue weighted by Crippen LogP contribution is 2.31. The third-order valence-electron chi connectivity index (χ3n) is 3.65. The molecule has 3 heterocycles. The summed E-state index contributed by atoms with van der Waals surface area (Å²) in [6, 6.07) is 3.92. The molecule has 0 unspecified atom stereocenters. The van der Waals surface area contributed by atoms with Crippen LogP contribution in [-0.4, -0.2) is 31.3 Å². The molecule has 16 heavy (non-hydrogen) atoms. The topological polar surface area (TPSA) is 51.4 Å². The van der Waals surface area contributed by atoms with Gasteiger partial charge in [0.05, 0.1) is 18.5 Å². The van der Waals surface area contributed by atoms with Crippen molar-refractivity contribution in [3.63, 3.8) is 0 Å². The molecule has 2 saturated heterocycles. The van der Waals surface area contributed by atoms with Crippen molar-refractivity contribution >= 4 is 11.5 Å². The second-order valence-electron chi connectivity index (χ2n) is 4.74. The summed E-state index contributed by atoms with van der Waals surface area (Å²) >= 11 is 0. The zero-order chi connectivity index (χ0) is 11.0. The number of hydrogen-bond acceptors (Lipinski definition) is 4. The Hall–Kier alpha value is -1.29. The van der Waals surface area contributed by atoms with Crippen molar-refractivity contribution in [3.8, 4) is 0 Å². The smallest absolute Gasteiger partial charge is 0.128 e. The Morgan fingerprint density at radius 3 is 3.00 bits per heavy atom. The van der Waals surface area contributed by atoms with Crippen LogP contribution >= 0.6 is 0 Å². The molecule has 3 rings (SSSR count). The molecule has 86 valence electrons. The van der Waals surface area contributed by atoms with Gasteiger partial charge in [-0.05, 0) is 24.5 Å². The SMILES string of the molecule is Nc1ccc(N2CC[C@@H]3COC[C@@H]3C2)nc1. The molecule has 0 aliphatic carbocycles. The van der Waals surface area contributed by atoms with Gasteiger partial charge in [0, 0.05) is 25.6 Å².